The van der Waals surface area contributed by atoms with E-state index in [-0.39, 0.29) is 79.2 Å². The lowest BCUT2D eigenvalue weighted by molar-refractivity contribution is -0.136. The minimum absolute atomic E-state index is 0.00973. The van der Waals surface area contributed by atoms with Crippen molar-refractivity contribution >= 4 is 35.1 Å². The molecular weight excluding hydrogens is 1160 g/mol. The first-order valence-electron chi connectivity index (χ1n) is 30.3. The standard InChI is InChI=1S/C66H82ClFN12O9/c1-9-88-56-39-47(64(3,4)5)17-21-51(56)60-74-65(6,45-13-11-10-12-14-45)66(7,46-15-18-48(67)19-16-46)80(60)63(83)78-28-26-77(27-29-78)30-32-85-34-36-87-38-37-86-35-33-84-31-23-57(81)71-24-25-79-55-43-76(8)62(82)50-22-20-49(68)40-52(50)44(2)89-61-59(70)72-42-54(73-61)58(55)53(41-69)75-79/h10-22,39-40,42,44,63,83H,9,23-38,43H2,1-8H3,(H2,70,72)(H,71,81)/t44-,63?,65-,66+/m1/s1. The van der Waals surface area contributed by atoms with Gasteiger partial charge in [-0.05, 0) is 92.3 Å². The van der Waals surface area contributed by atoms with Gasteiger partial charge in [0.2, 0.25) is 5.91 Å². The van der Waals surface area contributed by atoms with Gasteiger partial charge in [-0.25, -0.2) is 14.4 Å². The lowest BCUT2D eigenvalue weighted by Gasteiger charge is -2.51. The number of carbonyl (C=O) groups is 2. The zero-order chi connectivity index (χ0) is 63.5. The Hall–Kier alpha value is -7.59. The van der Waals surface area contributed by atoms with Gasteiger partial charge in [0.05, 0.1) is 107 Å². The molecule has 9 rings (SSSR count). The molecule has 2 amide bonds. The number of nitrogens with zero attached hydrogens (tertiary/aromatic N) is 10. The number of nitriles is 1. The van der Waals surface area contributed by atoms with Gasteiger partial charge in [0.25, 0.3) is 11.8 Å². The van der Waals surface area contributed by atoms with Crippen LogP contribution in [0.25, 0.3) is 11.3 Å². The second kappa shape index (κ2) is 29.4. The topological polar surface area (TPSA) is 241 Å². The summed E-state index contributed by atoms with van der Waals surface area (Å²) in [6.07, 6.45) is -0.379. The zero-order valence-corrected chi connectivity index (χ0v) is 52.9. The van der Waals surface area contributed by atoms with Crippen LogP contribution in [-0.4, -0.2) is 174 Å². The number of aliphatic imine (C=N–C) groups is 1. The van der Waals surface area contributed by atoms with E-state index >= 15 is 0 Å². The molecule has 6 aromatic rings. The van der Waals surface area contributed by atoms with E-state index < -0.39 is 35.3 Å². The van der Waals surface area contributed by atoms with Gasteiger partial charge in [0.15, 0.2) is 17.9 Å². The Morgan fingerprint density at radius 2 is 1.56 bits per heavy atom. The van der Waals surface area contributed by atoms with Crippen molar-refractivity contribution in [1.82, 2.24) is 44.7 Å². The summed E-state index contributed by atoms with van der Waals surface area (Å²) in [7, 11) is 1.59. The second-order valence-electron chi connectivity index (χ2n) is 23.6. The Balaban J connectivity index is 0.682. The molecule has 0 aliphatic carbocycles. The molecule has 4 N–H and O–H groups in total. The number of rotatable bonds is 25. The quantitative estimate of drug-likeness (QED) is 0.0459. The average Bonchev–Trinajstić information content (AvgIpc) is 1.56. The number of fused-ring (bicyclic) bond motifs is 5. The van der Waals surface area contributed by atoms with E-state index in [2.05, 4.69) is 106 Å². The van der Waals surface area contributed by atoms with Gasteiger partial charge in [-0.15, -0.1) is 0 Å². The Morgan fingerprint density at radius 1 is 0.899 bits per heavy atom. The highest BCUT2D eigenvalue weighted by Crippen LogP contribution is 2.54. The van der Waals surface area contributed by atoms with Gasteiger partial charge in [-0.2, -0.15) is 10.4 Å². The molecule has 21 nitrogen and oxygen atoms in total. The van der Waals surface area contributed by atoms with E-state index in [4.69, 9.17) is 50.7 Å². The normalized spacial score (nSPS) is 19.3. The highest BCUT2D eigenvalue weighted by atomic mass is 35.5. The average molecular weight is 1240 g/mol. The maximum Gasteiger partial charge on any atom is 0.258 e. The summed E-state index contributed by atoms with van der Waals surface area (Å²) in [4.78, 5) is 49.2. The summed E-state index contributed by atoms with van der Waals surface area (Å²) in [5.74, 6) is 0.0801. The SMILES string of the molecule is CCOc1cc(C(C)(C)C)ccc1C1=N[C@](C)(c2ccccc2)[C@](C)(c2ccc(Cl)cc2)N1C(O)N1CCN(CCOCCOCCOCCOCCC(=O)NCCn2nc(C#N)c3c2CN(C)C(=O)c2ccc(F)cc2[C@@H](C)Oc2nc-3cnc2N)CC1. The predicted molar refractivity (Wildman–Crippen MR) is 336 cm³/mol. The number of nitrogen functional groups attached to an aromatic ring is 1. The number of halogens is 2. The number of amidine groups is 1. The van der Waals surface area contributed by atoms with E-state index in [1.165, 1.54) is 29.3 Å². The van der Waals surface area contributed by atoms with Crippen LogP contribution in [0.3, 0.4) is 0 Å². The zero-order valence-electron chi connectivity index (χ0n) is 52.1. The third-order valence-corrected chi connectivity index (χ3v) is 17.0. The Kier molecular flexibility index (Phi) is 21.7. The van der Waals surface area contributed by atoms with Crippen molar-refractivity contribution < 1.29 is 47.5 Å². The number of nitrogens with two attached hydrogens (primary N) is 1. The highest BCUT2D eigenvalue weighted by Gasteiger charge is 2.60. The molecule has 474 valence electrons. The summed E-state index contributed by atoms with van der Waals surface area (Å²) in [5, 5.41) is 31.1. The molecule has 0 spiro atoms. The van der Waals surface area contributed by atoms with E-state index in [0.717, 1.165) is 47.6 Å². The maximum absolute atomic E-state index is 14.5. The first-order chi connectivity index (χ1) is 42.7. The van der Waals surface area contributed by atoms with Gasteiger partial charge >= 0.3 is 0 Å². The summed E-state index contributed by atoms with van der Waals surface area (Å²) in [5.41, 5.74) is 9.79. The molecule has 2 bridgehead atoms. The van der Waals surface area contributed by atoms with Crippen LogP contribution in [0.5, 0.6) is 11.6 Å². The number of anilines is 1. The minimum atomic E-state index is -1.04. The van der Waals surface area contributed by atoms with Crippen LogP contribution in [-0.2, 0) is 53.3 Å². The molecule has 0 saturated carbocycles. The van der Waals surface area contributed by atoms with Crippen LogP contribution in [0.1, 0.15) is 111 Å². The summed E-state index contributed by atoms with van der Waals surface area (Å²) >= 11 is 6.52. The molecule has 4 atom stereocenters. The highest BCUT2D eigenvalue weighted by molar-refractivity contribution is 6.30. The second-order valence-corrected chi connectivity index (χ2v) is 24.0. The molecule has 89 heavy (non-hydrogen) atoms. The summed E-state index contributed by atoms with van der Waals surface area (Å²) in [6, 6.07) is 30.5. The van der Waals surface area contributed by atoms with Crippen LogP contribution in [0.15, 0.2) is 102 Å². The smallest absolute Gasteiger partial charge is 0.258 e. The molecule has 5 heterocycles. The number of carbonyl (C=O) groups excluding carboxylic acids is 2. The van der Waals surface area contributed by atoms with Crippen molar-refractivity contribution in [3.05, 3.63) is 153 Å². The van der Waals surface area contributed by atoms with E-state index in [0.29, 0.717) is 87.0 Å². The van der Waals surface area contributed by atoms with Crippen molar-refractivity contribution in [3.63, 3.8) is 0 Å². The van der Waals surface area contributed by atoms with Crippen molar-refractivity contribution in [3.8, 4) is 29.0 Å². The number of benzene rings is 4. The summed E-state index contributed by atoms with van der Waals surface area (Å²) in [6.45, 7) is 21.6. The summed E-state index contributed by atoms with van der Waals surface area (Å²) < 4.78 is 51.5. The number of aliphatic hydroxyl groups is 1. The Morgan fingerprint density at radius 3 is 2.22 bits per heavy atom. The lowest BCUT2D eigenvalue weighted by Crippen LogP contribution is -2.63. The van der Waals surface area contributed by atoms with Gasteiger partial charge in [0.1, 0.15) is 35.1 Å². The Labute approximate surface area is 525 Å². The molecule has 3 aliphatic rings. The van der Waals surface area contributed by atoms with Gasteiger partial charge in [-0.3, -0.25) is 29.1 Å². The lowest BCUT2D eigenvalue weighted by atomic mass is 9.71. The van der Waals surface area contributed by atoms with Crippen molar-refractivity contribution in [2.24, 2.45) is 4.99 Å². The largest absolute Gasteiger partial charge is 0.493 e. The Bertz CT molecular complexity index is 3480. The number of hydrogen-bond donors (Lipinski definition) is 3. The molecule has 1 unspecified atom stereocenters. The number of nitrogens with one attached hydrogen (secondary N) is 1. The number of hydrogen-bond acceptors (Lipinski definition) is 18. The monoisotopic (exact) mass is 1240 g/mol. The van der Waals surface area contributed by atoms with Crippen molar-refractivity contribution in [2.45, 2.75) is 96.9 Å². The fourth-order valence-corrected chi connectivity index (χ4v) is 11.7. The van der Waals surface area contributed by atoms with Crippen molar-refractivity contribution in [2.75, 3.05) is 112 Å². The number of piperazine rings is 1. The molecular formula is C66H82ClFN12O9. The van der Waals surface area contributed by atoms with E-state index in [9.17, 15) is 24.3 Å². The third kappa shape index (κ3) is 15.0. The number of aliphatic hydroxyl groups excluding tert-OH is 1. The van der Waals surface area contributed by atoms with Crippen LogP contribution in [0.2, 0.25) is 5.02 Å². The molecule has 23 heteroatoms. The third-order valence-electron chi connectivity index (χ3n) is 16.8. The van der Waals surface area contributed by atoms with Crippen LogP contribution >= 0.6 is 11.6 Å². The van der Waals surface area contributed by atoms with Crippen LogP contribution in [0.4, 0.5) is 10.2 Å². The molecule has 2 aromatic heterocycles. The number of ether oxygens (including phenoxy) is 6. The van der Waals surface area contributed by atoms with E-state index in [1.807, 2.05) is 49.4 Å². The van der Waals surface area contributed by atoms with Gasteiger partial charge < -0.3 is 54.4 Å². The molecule has 1 fully saturated rings. The van der Waals surface area contributed by atoms with Crippen molar-refractivity contribution in [1.29, 1.82) is 5.26 Å². The number of aromatic nitrogens is 4. The van der Waals surface area contributed by atoms with Crippen LogP contribution < -0.4 is 20.5 Å². The van der Waals surface area contributed by atoms with E-state index in [1.54, 1.807) is 18.7 Å². The fraction of sp³-hybridized carbons (Fsp3) is 0.470. The van der Waals surface area contributed by atoms with Gasteiger partial charge in [-0.1, -0.05) is 80.9 Å². The predicted octanol–water partition coefficient (Wildman–Crippen LogP) is 8.07. The molecule has 1 saturated heterocycles. The fourth-order valence-electron chi connectivity index (χ4n) is 11.6. The maximum atomic E-state index is 14.5. The van der Waals surface area contributed by atoms with Crippen LogP contribution in [0, 0.1) is 17.1 Å². The number of amides is 2. The first kappa shape index (κ1) is 65.8. The van der Waals surface area contributed by atoms with Gasteiger partial charge in [0, 0.05) is 68.9 Å². The molecule has 3 aliphatic heterocycles. The first-order valence-corrected chi connectivity index (χ1v) is 30.7. The molecule has 4 aromatic carbocycles. The molecule has 0 radical (unpaired) electrons. The minimum Gasteiger partial charge on any atom is -0.493 e.